The number of nitrogens with zero attached hydrogens (tertiary/aromatic N) is 1. The van der Waals surface area contributed by atoms with Gasteiger partial charge in [0.25, 0.3) is 0 Å². The van der Waals surface area contributed by atoms with Crippen molar-refractivity contribution < 1.29 is 0 Å². The zero-order valence-electron chi connectivity index (χ0n) is 9.00. The number of hydrogen-bond acceptors (Lipinski definition) is 3. The molecule has 3 heteroatoms. The van der Waals surface area contributed by atoms with Gasteiger partial charge in [-0.15, -0.1) is 0 Å². The van der Waals surface area contributed by atoms with E-state index in [1.54, 1.807) is 0 Å². The molecule has 2 rings (SSSR count). The zero-order valence-corrected chi connectivity index (χ0v) is 9.82. The normalized spacial score (nSPS) is 24.0. The molecule has 0 bridgehead atoms. The standard InChI is InChI=1S/C11H22N2S/c1-2-5-13(4-1)6-3-7-14-10-11-8-12-9-11/h11-12H,1-10H2. The minimum atomic E-state index is 0.979. The summed E-state index contributed by atoms with van der Waals surface area (Å²) in [6.07, 6.45) is 4.26. The lowest BCUT2D eigenvalue weighted by Gasteiger charge is -2.26. The van der Waals surface area contributed by atoms with Crippen LogP contribution in [0.4, 0.5) is 0 Å². The Morgan fingerprint density at radius 2 is 2.00 bits per heavy atom. The molecule has 2 nitrogen and oxygen atoms in total. The first-order valence-electron chi connectivity index (χ1n) is 5.96. The summed E-state index contributed by atoms with van der Waals surface area (Å²) < 4.78 is 0. The third-order valence-corrected chi connectivity index (χ3v) is 4.47. The molecule has 0 radical (unpaired) electrons. The third kappa shape index (κ3) is 3.44. The fourth-order valence-electron chi connectivity index (χ4n) is 2.11. The highest BCUT2D eigenvalue weighted by molar-refractivity contribution is 7.99. The molecule has 2 fully saturated rings. The zero-order chi connectivity index (χ0) is 9.64. The molecule has 0 aromatic rings. The number of thioether (sulfide) groups is 1. The van der Waals surface area contributed by atoms with Gasteiger partial charge in [-0.25, -0.2) is 0 Å². The second kappa shape index (κ2) is 5.99. The van der Waals surface area contributed by atoms with E-state index in [2.05, 4.69) is 22.0 Å². The van der Waals surface area contributed by atoms with E-state index in [4.69, 9.17) is 0 Å². The van der Waals surface area contributed by atoms with Gasteiger partial charge in [-0.1, -0.05) is 0 Å². The van der Waals surface area contributed by atoms with Crippen LogP contribution in [0.15, 0.2) is 0 Å². The highest BCUT2D eigenvalue weighted by Gasteiger charge is 2.16. The predicted octanol–water partition coefficient (Wildman–Crippen LogP) is 1.42. The summed E-state index contributed by atoms with van der Waals surface area (Å²) in [6, 6.07) is 0. The molecule has 2 aliphatic rings. The van der Waals surface area contributed by atoms with Gasteiger partial charge >= 0.3 is 0 Å². The first-order chi connectivity index (χ1) is 6.95. The van der Waals surface area contributed by atoms with Gasteiger partial charge in [0, 0.05) is 0 Å². The molecule has 1 N–H and O–H groups in total. The summed E-state index contributed by atoms with van der Waals surface area (Å²) in [6.45, 7) is 6.59. The Morgan fingerprint density at radius 3 is 2.64 bits per heavy atom. The van der Waals surface area contributed by atoms with Crippen molar-refractivity contribution in [2.75, 3.05) is 44.2 Å². The molecule has 2 aliphatic heterocycles. The van der Waals surface area contributed by atoms with Crippen molar-refractivity contribution in [2.45, 2.75) is 19.3 Å². The Morgan fingerprint density at radius 1 is 1.21 bits per heavy atom. The fourth-order valence-corrected chi connectivity index (χ4v) is 3.18. The van der Waals surface area contributed by atoms with Crippen LogP contribution in [0.2, 0.25) is 0 Å². The molecule has 0 spiro atoms. The summed E-state index contributed by atoms with van der Waals surface area (Å²) in [5.74, 6) is 3.73. The maximum absolute atomic E-state index is 3.33. The van der Waals surface area contributed by atoms with Crippen LogP contribution < -0.4 is 5.32 Å². The predicted molar refractivity (Wildman–Crippen MR) is 64.0 cm³/mol. The summed E-state index contributed by atoms with van der Waals surface area (Å²) in [7, 11) is 0. The van der Waals surface area contributed by atoms with Gasteiger partial charge in [-0.3, -0.25) is 0 Å². The van der Waals surface area contributed by atoms with Crippen LogP contribution in [-0.2, 0) is 0 Å². The largest absolute Gasteiger partial charge is 0.316 e. The lowest BCUT2D eigenvalue weighted by molar-refractivity contribution is 0.340. The molecule has 0 aromatic heterocycles. The summed E-state index contributed by atoms with van der Waals surface area (Å²) >= 11 is 2.15. The van der Waals surface area contributed by atoms with Crippen molar-refractivity contribution in [3.05, 3.63) is 0 Å². The van der Waals surface area contributed by atoms with Gasteiger partial charge < -0.3 is 10.2 Å². The van der Waals surface area contributed by atoms with Crippen LogP contribution in [0.1, 0.15) is 19.3 Å². The third-order valence-electron chi connectivity index (χ3n) is 3.18. The van der Waals surface area contributed by atoms with E-state index in [1.165, 1.54) is 63.5 Å². The molecular formula is C11H22N2S. The lowest BCUT2D eigenvalue weighted by atomic mass is 10.1. The van der Waals surface area contributed by atoms with E-state index in [1.807, 2.05) is 0 Å². The maximum Gasteiger partial charge on any atom is -0.0000326 e. The van der Waals surface area contributed by atoms with Crippen LogP contribution in [0.5, 0.6) is 0 Å². The second-order valence-electron chi connectivity index (χ2n) is 4.50. The Labute approximate surface area is 91.8 Å². The van der Waals surface area contributed by atoms with E-state index in [-0.39, 0.29) is 0 Å². The molecule has 0 aromatic carbocycles. The molecule has 2 heterocycles. The maximum atomic E-state index is 3.33. The van der Waals surface area contributed by atoms with Gasteiger partial charge in [0.1, 0.15) is 0 Å². The van der Waals surface area contributed by atoms with Gasteiger partial charge in [-0.05, 0) is 69.4 Å². The smallest absolute Gasteiger partial charge is 0.0000326 e. The highest BCUT2D eigenvalue weighted by atomic mass is 32.2. The summed E-state index contributed by atoms with van der Waals surface area (Å²) in [4.78, 5) is 2.62. The number of rotatable bonds is 6. The van der Waals surface area contributed by atoms with Crippen molar-refractivity contribution in [3.8, 4) is 0 Å². The first kappa shape index (κ1) is 10.8. The Hall–Kier alpha value is 0.270. The van der Waals surface area contributed by atoms with E-state index in [0.717, 1.165) is 5.92 Å². The lowest BCUT2D eigenvalue weighted by Crippen LogP contribution is -2.43. The molecule has 0 saturated carbocycles. The topological polar surface area (TPSA) is 15.3 Å². The van der Waals surface area contributed by atoms with Gasteiger partial charge in [0.05, 0.1) is 0 Å². The van der Waals surface area contributed by atoms with E-state index < -0.39 is 0 Å². The van der Waals surface area contributed by atoms with Crippen molar-refractivity contribution >= 4 is 11.8 Å². The van der Waals surface area contributed by atoms with Crippen molar-refractivity contribution in [2.24, 2.45) is 5.92 Å². The van der Waals surface area contributed by atoms with Crippen LogP contribution in [-0.4, -0.2) is 49.1 Å². The monoisotopic (exact) mass is 214 g/mol. The molecule has 0 atom stereocenters. The van der Waals surface area contributed by atoms with Crippen molar-refractivity contribution in [1.82, 2.24) is 10.2 Å². The Kier molecular flexibility index (Phi) is 4.61. The Balaban J connectivity index is 1.39. The van der Waals surface area contributed by atoms with Crippen LogP contribution in [0.3, 0.4) is 0 Å². The average molecular weight is 214 g/mol. The van der Waals surface area contributed by atoms with Crippen LogP contribution in [0, 0.1) is 5.92 Å². The minimum Gasteiger partial charge on any atom is -0.316 e. The first-order valence-corrected chi connectivity index (χ1v) is 7.11. The molecule has 0 amide bonds. The Bertz CT molecular complexity index is 153. The molecule has 0 unspecified atom stereocenters. The average Bonchev–Trinajstić information content (AvgIpc) is 2.60. The summed E-state index contributed by atoms with van der Waals surface area (Å²) in [5.41, 5.74) is 0. The molecular weight excluding hydrogens is 192 g/mol. The molecule has 14 heavy (non-hydrogen) atoms. The van der Waals surface area contributed by atoms with E-state index >= 15 is 0 Å². The van der Waals surface area contributed by atoms with Crippen LogP contribution >= 0.6 is 11.8 Å². The molecule has 2 saturated heterocycles. The van der Waals surface area contributed by atoms with Crippen LogP contribution in [0.25, 0.3) is 0 Å². The molecule has 0 aliphatic carbocycles. The minimum absolute atomic E-state index is 0.979. The van der Waals surface area contributed by atoms with Gasteiger partial charge in [-0.2, -0.15) is 11.8 Å². The number of hydrogen-bond donors (Lipinski definition) is 1. The fraction of sp³-hybridized carbons (Fsp3) is 1.00. The number of likely N-dealkylation sites (tertiary alicyclic amines) is 1. The molecule has 82 valence electrons. The highest BCUT2D eigenvalue weighted by Crippen LogP contribution is 2.14. The van der Waals surface area contributed by atoms with Crippen molar-refractivity contribution in [3.63, 3.8) is 0 Å². The number of nitrogens with one attached hydrogen (secondary N) is 1. The van der Waals surface area contributed by atoms with Gasteiger partial charge in [0.2, 0.25) is 0 Å². The SMILES string of the molecule is C1CCN(CCCSCC2CNC2)C1. The van der Waals surface area contributed by atoms with Crippen molar-refractivity contribution in [1.29, 1.82) is 0 Å². The second-order valence-corrected chi connectivity index (χ2v) is 5.65. The van der Waals surface area contributed by atoms with E-state index in [0.29, 0.717) is 0 Å². The quantitative estimate of drug-likeness (QED) is 0.673. The van der Waals surface area contributed by atoms with E-state index in [9.17, 15) is 0 Å². The van der Waals surface area contributed by atoms with Gasteiger partial charge in [0.15, 0.2) is 0 Å². The summed E-state index contributed by atoms with van der Waals surface area (Å²) in [5, 5.41) is 3.33.